The first-order chi connectivity index (χ1) is 8.58. The Morgan fingerprint density at radius 3 is 2.00 bits per heavy atom. The molecule has 0 radical (unpaired) electrons. The molecule has 0 aliphatic heterocycles. The van der Waals surface area contributed by atoms with Crippen molar-refractivity contribution in [3.63, 3.8) is 0 Å². The van der Waals surface area contributed by atoms with Gasteiger partial charge in [-0.2, -0.15) is 0 Å². The summed E-state index contributed by atoms with van der Waals surface area (Å²) in [5.41, 5.74) is 0.616. The highest BCUT2D eigenvalue weighted by atomic mass is 19.1. The fourth-order valence-electron chi connectivity index (χ4n) is 1.62. The molecule has 0 amide bonds. The number of benzene rings is 2. The van der Waals surface area contributed by atoms with E-state index in [9.17, 15) is 8.78 Å². The van der Waals surface area contributed by atoms with Crippen molar-refractivity contribution in [1.82, 2.24) is 0 Å². The maximum absolute atomic E-state index is 13.8. The molecule has 0 bridgehead atoms. The highest BCUT2D eigenvalue weighted by molar-refractivity contribution is 5.36. The Morgan fingerprint density at radius 1 is 0.944 bits per heavy atom. The maximum atomic E-state index is 13.8. The number of hydrogen-bond donors (Lipinski definition) is 0. The Labute approximate surface area is 105 Å². The van der Waals surface area contributed by atoms with Crippen molar-refractivity contribution in [2.75, 3.05) is 0 Å². The summed E-state index contributed by atoms with van der Waals surface area (Å²) >= 11 is 0. The van der Waals surface area contributed by atoms with Gasteiger partial charge in [-0.05, 0) is 35.7 Å². The summed E-state index contributed by atoms with van der Waals surface area (Å²) < 4.78 is 32.8. The molecule has 0 heterocycles. The zero-order chi connectivity index (χ0) is 13.1. The second-order valence-electron chi connectivity index (χ2n) is 4.38. The van der Waals surface area contributed by atoms with Crippen LogP contribution < -0.4 is 4.74 Å². The van der Waals surface area contributed by atoms with Crippen molar-refractivity contribution in [2.45, 2.75) is 19.8 Å². The fraction of sp³-hybridized carbons (Fsp3) is 0.200. The van der Waals surface area contributed by atoms with Crippen molar-refractivity contribution in [3.8, 4) is 11.5 Å². The van der Waals surface area contributed by atoms with Gasteiger partial charge < -0.3 is 4.74 Å². The summed E-state index contributed by atoms with van der Waals surface area (Å²) in [6.07, 6.45) is 0. The zero-order valence-corrected chi connectivity index (χ0v) is 10.3. The second kappa shape index (κ2) is 5.17. The Hall–Kier alpha value is -1.90. The van der Waals surface area contributed by atoms with E-state index in [-0.39, 0.29) is 11.7 Å². The van der Waals surface area contributed by atoms with Crippen molar-refractivity contribution < 1.29 is 13.5 Å². The highest BCUT2D eigenvalue weighted by Gasteiger charge is 2.14. The molecule has 0 unspecified atom stereocenters. The van der Waals surface area contributed by atoms with E-state index in [2.05, 4.69) is 0 Å². The summed E-state index contributed by atoms with van der Waals surface area (Å²) in [5.74, 6) is -1.23. The van der Waals surface area contributed by atoms with Gasteiger partial charge in [0.25, 0.3) is 0 Å². The maximum Gasteiger partial charge on any atom is 0.198 e. The third-order valence-electron chi connectivity index (χ3n) is 2.65. The molecule has 3 heteroatoms. The second-order valence-corrected chi connectivity index (χ2v) is 4.38. The minimum Gasteiger partial charge on any atom is -0.451 e. The van der Waals surface area contributed by atoms with Crippen molar-refractivity contribution in [1.29, 1.82) is 0 Å². The first kappa shape index (κ1) is 12.6. The topological polar surface area (TPSA) is 9.23 Å². The number of rotatable bonds is 3. The molecule has 0 N–H and O–H groups in total. The third-order valence-corrected chi connectivity index (χ3v) is 2.65. The molecule has 0 atom stereocenters. The third kappa shape index (κ3) is 2.67. The molecule has 2 aromatic rings. The van der Waals surface area contributed by atoms with Crippen LogP contribution in [-0.2, 0) is 0 Å². The molecule has 0 saturated heterocycles. The van der Waals surface area contributed by atoms with Gasteiger partial charge >= 0.3 is 0 Å². The minimum atomic E-state index is -0.678. The number of hydrogen-bond acceptors (Lipinski definition) is 1. The normalized spacial score (nSPS) is 10.7. The summed E-state index contributed by atoms with van der Waals surface area (Å²) in [5, 5.41) is 0. The van der Waals surface area contributed by atoms with Gasteiger partial charge in [-0.15, -0.1) is 0 Å². The number of para-hydroxylation sites is 1. The van der Waals surface area contributed by atoms with Crippen LogP contribution in [0.3, 0.4) is 0 Å². The molecule has 94 valence electrons. The van der Waals surface area contributed by atoms with Crippen LogP contribution in [0, 0.1) is 11.6 Å². The number of ether oxygens (including phenoxy) is 1. The Kier molecular flexibility index (Phi) is 3.60. The Balaban J connectivity index is 2.34. The molecular weight excluding hydrogens is 234 g/mol. The first-order valence-electron chi connectivity index (χ1n) is 5.79. The van der Waals surface area contributed by atoms with Crippen molar-refractivity contribution in [2.24, 2.45) is 0 Å². The molecule has 1 nitrogen and oxygen atoms in total. The van der Waals surface area contributed by atoms with Crippen LogP contribution in [0.1, 0.15) is 25.3 Å². The average Bonchev–Trinajstić information content (AvgIpc) is 2.34. The SMILES string of the molecule is CC(C)c1cc(F)c(Oc2ccccc2)c(F)c1. The Morgan fingerprint density at radius 2 is 1.50 bits per heavy atom. The lowest BCUT2D eigenvalue weighted by Gasteiger charge is -2.11. The quantitative estimate of drug-likeness (QED) is 0.752. The van der Waals surface area contributed by atoms with Crippen LogP contribution >= 0.6 is 0 Å². The molecule has 0 aliphatic rings. The summed E-state index contributed by atoms with van der Waals surface area (Å²) in [6, 6.07) is 11.2. The average molecular weight is 248 g/mol. The standard InChI is InChI=1S/C15H14F2O/c1-10(2)11-8-13(16)15(14(17)9-11)18-12-6-4-3-5-7-12/h3-10H,1-2H3. The zero-order valence-electron chi connectivity index (χ0n) is 10.3. The van der Waals surface area contributed by atoms with Crippen molar-refractivity contribution in [3.05, 3.63) is 59.7 Å². The van der Waals surface area contributed by atoms with E-state index < -0.39 is 11.6 Å². The predicted molar refractivity (Wildman–Crippen MR) is 67.0 cm³/mol. The smallest absolute Gasteiger partial charge is 0.198 e. The van der Waals surface area contributed by atoms with Crippen molar-refractivity contribution >= 4 is 0 Å². The summed E-state index contributed by atoms with van der Waals surface area (Å²) in [6.45, 7) is 3.76. The summed E-state index contributed by atoms with van der Waals surface area (Å²) in [4.78, 5) is 0. The van der Waals surface area contributed by atoms with Gasteiger partial charge in [0.15, 0.2) is 17.4 Å². The largest absolute Gasteiger partial charge is 0.451 e. The van der Waals surface area contributed by atoms with Crippen LogP contribution in [0.25, 0.3) is 0 Å². The van der Waals surface area contributed by atoms with Crippen LogP contribution in [0.2, 0.25) is 0 Å². The summed E-state index contributed by atoms with van der Waals surface area (Å²) in [7, 11) is 0. The van der Waals surface area contributed by atoms with E-state index in [1.807, 2.05) is 13.8 Å². The van der Waals surface area contributed by atoms with Gasteiger partial charge in [-0.25, -0.2) is 8.78 Å². The lowest BCUT2D eigenvalue weighted by Crippen LogP contribution is -1.97. The molecule has 0 saturated carbocycles. The van der Waals surface area contributed by atoms with Gasteiger partial charge in [0, 0.05) is 0 Å². The van der Waals surface area contributed by atoms with Gasteiger partial charge in [0.1, 0.15) is 5.75 Å². The Bertz CT molecular complexity index is 512. The first-order valence-corrected chi connectivity index (χ1v) is 5.79. The molecule has 0 aromatic heterocycles. The minimum absolute atomic E-state index is 0.0692. The predicted octanol–water partition coefficient (Wildman–Crippen LogP) is 4.88. The van der Waals surface area contributed by atoms with Gasteiger partial charge in [0.2, 0.25) is 0 Å². The van der Waals surface area contributed by atoms with Crippen LogP contribution in [0.15, 0.2) is 42.5 Å². The van der Waals surface area contributed by atoms with Gasteiger partial charge in [-0.3, -0.25) is 0 Å². The van der Waals surface area contributed by atoms with E-state index in [4.69, 9.17) is 4.74 Å². The van der Waals surface area contributed by atoms with E-state index in [0.717, 1.165) is 0 Å². The monoisotopic (exact) mass is 248 g/mol. The fourth-order valence-corrected chi connectivity index (χ4v) is 1.62. The lowest BCUT2D eigenvalue weighted by atomic mass is 10.0. The molecule has 2 aromatic carbocycles. The molecule has 0 spiro atoms. The highest BCUT2D eigenvalue weighted by Crippen LogP contribution is 2.30. The molecule has 18 heavy (non-hydrogen) atoms. The molecular formula is C15H14F2O. The molecule has 0 fully saturated rings. The van der Waals surface area contributed by atoms with Gasteiger partial charge in [-0.1, -0.05) is 32.0 Å². The van der Waals surface area contributed by atoms with Gasteiger partial charge in [0.05, 0.1) is 0 Å². The van der Waals surface area contributed by atoms with E-state index in [1.165, 1.54) is 12.1 Å². The van der Waals surface area contributed by atoms with E-state index in [1.54, 1.807) is 30.3 Å². The van der Waals surface area contributed by atoms with E-state index >= 15 is 0 Å². The molecule has 0 aliphatic carbocycles. The lowest BCUT2D eigenvalue weighted by molar-refractivity contribution is 0.406. The van der Waals surface area contributed by atoms with Crippen LogP contribution in [0.4, 0.5) is 8.78 Å². The number of halogens is 2. The van der Waals surface area contributed by atoms with Crippen LogP contribution in [0.5, 0.6) is 11.5 Å². The molecule has 2 rings (SSSR count). The van der Waals surface area contributed by atoms with E-state index in [0.29, 0.717) is 11.3 Å². The van der Waals surface area contributed by atoms with Crippen LogP contribution in [-0.4, -0.2) is 0 Å².